The zero-order valence-corrected chi connectivity index (χ0v) is 31.0. The van der Waals surface area contributed by atoms with E-state index in [2.05, 4.69) is 38.3 Å². The molecule has 1 saturated carbocycles. The number of anilines is 1. The molecule has 1 unspecified atom stereocenters. The zero-order valence-electron chi connectivity index (χ0n) is 28.7. The Hall–Kier alpha value is -3.31. The Morgan fingerprint density at radius 3 is 2.74 bits per heavy atom. The highest BCUT2D eigenvalue weighted by atomic mass is 35.5. The largest absolute Gasteiger partial charge is 0.490 e. The number of hydrogen-bond acceptors (Lipinski definition) is 6. The maximum Gasteiger partial charge on any atom is 0.286 e. The second-order valence-corrected chi connectivity index (χ2v) is 17.4. The van der Waals surface area contributed by atoms with Crippen LogP contribution < -0.4 is 14.4 Å². The molecule has 7 rings (SSSR count). The molecule has 2 aromatic carbocycles. The standard InChI is InChI=1S/C38H44Cl2N4O5S/c1-24-6-4-8-33(48-3)30-12-9-27(30)20-44-22-38(15-5-7-25-16-29(39)11-13-31(25)38)23-49-34-14-10-26(17-32(34)44)36(45)41-50(47,21-24)42-37(46)28-18-35(40)43(2)19-28/h4,8,10-11,13-14,16-19,24,27,30,33H,5-7,9,12,15,20-23H2,1-3H3,(H,41,42,45,46,47)/b8-4-/t24-,27-,30+,33-,38-,50?/m0/s1. The summed E-state index contributed by atoms with van der Waals surface area (Å²) in [5.74, 6) is -0.0110. The molecular formula is C38H44Cl2N4O5S. The lowest BCUT2D eigenvalue weighted by Crippen LogP contribution is -2.49. The molecule has 3 heterocycles. The number of hydrogen-bond donors (Lipinski definition) is 1. The van der Waals surface area contributed by atoms with Crippen LogP contribution in [0.1, 0.15) is 70.9 Å². The number of methoxy groups -OCH3 is 1. The predicted octanol–water partition coefficient (Wildman–Crippen LogP) is 7.40. The van der Waals surface area contributed by atoms with Crippen molar-refractivity contribution in [3.8, 4) is 5.75 Å². The van der Waals surface area contributed by atoms with E-state index in [0.29, 0.717) is 42.3 Å². The number of halogens is 2. The molecule has 266 valence electrons. The van der Waals surface area contributed by atoms with Crippen LogP contribution in [-0.2, 0) is 33.5 Å². The summed E-state index contributed by atoms with van der Waals surface area (Å²) in [6, 6.07) is 13.0. The van der Waals surface area contributed by atoms with E-state index in [-0.39, 0.29) is 34.3 Å². The molecule has 1 aromatic heterocycles. The maximum absolute atomic E-state index is 14.5. The van der Waals surface area contributed by atoms with E-state index in [1.54, 1.807) is 31.0 Å². The molecule has 3 aromatic rings. The summed E-state index contributed by atoms with van der Waals surface area (Å²) in [7, 11) is -0.0713. The highest BCUT2D eigenvalue weighted by Crippen LogP contribution is 2.47. The number of ether oxygens (including phenoxy) is 2. The van der Waals surface area contributed by atoms with Gasteiger partial charge in [0.25, 0.3) is 11.8 Å². The molecule has 2 aliphatic carbocycles. The van der Waals surface area contributed by atoms with E-state index in [1.165, 1.54) is 17.2 Å². The number of fused-ring (bicyclic) bond motifs is 4. The minimum Gasteiger partial charge on any atom is -0.490 e. The first-order valence-corrected chi connectivity index (χ1v) is 19.8. The van der Waals surface area contributed by atoms with Crippen molar-refractivity contribution in [3.05, 3.63) is 93.2 Å². The number of aromatic nitrogens is 1. The van der Waals surface area contributed by atoms with E-state index in [0.717, 1.165) is 49.4 Å². The van der Waals surface area contributed by atoms with Gasteiger partial charge in [-0.15, -0.1) is 4.36 Å². The van der Waals surface area contributed by atoms with Crippen LogP contribution in [0.15, 0.2) is 65.2 Å². The third kappa shape index (κ3) is 6.96. The third-order valence-corrected chi connectivity index (χ3v) is 13.6. The minimum absolute atomic E-state index is 0.00872. The van der Waals surface area contributed by atoms with Gasteiger partial charge in [-0.25, -0.2) is 4.21 Å². The Morgan fingerprint density at radius 1 is 1.16 bits per heavy atom. The Bertz CT molecular complexity index is 1950. The number of nitrogens with zero attached hydrogens (tertiary/aromatic N) is 3. The maximum atomic E-state index is 14.5. The number of carbonyl (C=O) groups is 2. The lowest BCUT2D eigenvalue weighted by molar-refractivity contribution is 0.0131. The van der Waals surface area contributed by atoms with Crippen molar-refractivity contribution in [2.24, 2.45) is 29.2 Å². The number of rotatable bonds is 3. The predicted molar refractivity (Wildman–Crippen MR) is 198 cm³/mol. The molecule has 0 saturated heterocycles. The number of aryl methyl sites for hydroxylation is 2. The Labute approximate surface area is 304 Å². The fraction of sp³-hybridized carbons (Fsp3) is 0.474. The molecule has 9 nitrogen and oxygen atoms in total. The molecule has 1 fully saturated rings. The van der Waals surface area contributed by atoms with Gasteiger partial charge in [0, 0.05) is 49.4 Å². The van der Waals surface area contributed by atoms with Gasteiger partial charge in [0.05, 0.1) is 29.7 Å². The number of amides is 2. The van der Waals surface area contributed by atoms with Crippen LogP contribution in [0.25, 0.3) is 0 Å². The normalized spacial score (nSPS) is 30.2. The van der Waals surface area contributed by atoms with Gasteiger partial charge in [-0.3, -0.25) is 14.3 Å². The summed E-state index contributed by atoms with van der Waals surface area (Å²) < 4.78 is 35.6. The first kappa shape index (κ1) is 35.1. The van der Waals surface area contributed by atoms with Crippen LogP contribution in [0.5, 0.6) is 5.75 Å². The number of nitrogens with one attached hydrogen (secondary N) is 1. The van der Waals surface area contributed by atoms with Gasteiger partial charge in [-0.05, 0) is 104 Å². The summed E-state index contributed by atoms with van der Waals surface area (Å²) in [5, 5.41) is 1.09. The smallest absolute Gasteiger partial charge is 0.286 e. The molecule has 2 amide bonds. The summed E-state index contributed by atoms with van der Waals surface area (Å²) >= 11 is 12.6. The lowest BCUT2D eigenvalue weighted by Gasteiger charge is -2.46. The van der Waals surface area contributed by atoms with Crippen LogP contribution in [0.4, 0.5) is 5.69 Å². The first-order valence-electron chi connectivity index (χ1n) is 17.4. The molecule has 2 aliphatic heterocycles. The lowest BCUT2D eigenvalue weighted by atomic mass is 9.68. The average Bonchev–Trinajstić information content (AvgIpc) is 3.33. The number of carbonyl (C=O) groups excluding carboxylic acids is 2. The second kappa shape index (κ2) is 14.0. The number of allylic oxidation sites excluding steroid dienone is 1. The topological polar surface area (TPSA) is 102 Å². The van der Waals surface area contributed by atoms with Crippen LogP contribution in [0, 0.1) is 17.8 Å². The molecule has 1 N–H and O–H groups in total. The molecule has 12 heteroatoms. The van der Waals surface area contributed by atoms with E-state index in [4.69, 9.17) is 32.7 Å². The minimum atomic E-state index is -3.54. The molecule has 4 aliphatic rings. The fourth-order valence-corrected chi connectivity index (χ4v) is 10.5. The van der Waals surface area contributed by atoms with E-state index >= 15 is 0 Å². The van der Waals surface area contributed by atoms with Crippen LogP contribution >= 0.6 is 23.2 Å². The van der Waals surface area contributed by atoms with Gasteiger partial charge < -0.3 is 18.9 Å². The van der Waals surface area contributed by atoms with Gasteiger partial charge in [-0.2, -0.15) is 0 Å². The average molecular weight is 740 g/mol. The van der Waals surface area contributed by atoms with Gasteiger partial charge in [0.2, 0.25) is 0 Å². The van der Waals surface area contributed by atoms with Crippen molar-refractivity contribution >= 4 is 50.6 Å². The van der Waals surface area contributed by atoms with Crippen molar-refractivity contribution in [2.75, 3.05) is 37.5 Å². The zero-order chi connectivity index (χ0) is 35.2. The third-order valence-electron chi connectivity index (χ3n) is 11.0. The molecule has 6 atom stereocenters. The highest BCUT2D eigenvalue weighted by Gasteiger charge is 2.44. The number of benzene rings is 2. The molecule has 2 bridgehead atoms. The monoisotopic (exact) mass is 738 g/mol. The Balaban J connectivity index is 1.30. The SMILES string of the molecule is CO[C@H]1/C=C\C[C@H](C)CS(=O)(NC(=O)c2cc(Cl)n(C)c2)=NC(=O)c2ccc3c(c2)N(C[C@@H]2CC[C@H]21)C[C@@]1(CCCc2cc(Cl)ccc21)CO3. The van der Waals surface area contributed by atoms with Gasteiger partial charge in [0.15, 0.2) is 0 Å². The summed E-state index contributed by atoms with van der Waals surface area (Å²) in [4.78, 5) is 29.7. The van der Waals surface area contributed by atoms with E-state index < -0.39 is 21.7 Å². The Kier molecular flexibility index (Phi) is 9.84. The first-order chi connectivity index (χ1) is 24.0. The molecule has 50 heavy (non-hydrogen) atoms. The van der Waals surface area contributed by atoms with Gasteiger partial charge in [-0.1, -0.05) is 48.3 Å². The van der Waals surface area contributed by atoms with Crippen LogP contribution in [0.3, 0.4) is 0 Å². The van der Waals surface area contributed by atoms with Crippen molar-refractivity contribution in [1.29, 1.82) is 0 Å². The van der Waals surface area contributed by atoms with Crippen LogP contribution in [-0.4, -0.2) is 59.3 Å². The highest BCUT2D eigenvalue weighted by molar-refractivity contribution is 7.92. The molecular weight excluding hydrogens is 695 g/mol. The van der Waals surface area contributed by atoms with Crippen molar-refractivity contribution in [2.45, 2.75) is 57.0 Å². The van der Waals surface area contributed by atoms with Gasteiger partial charge >= 0.3 is 0 Å². The summed E-state index contributed by atoms with van der Waals surface area (Å²) in [6.07, 6.45) is 11.4. The summed E-state index contributed by atoms with van der Waals surface area (Å²) in [5.41, 5.74) is 3.60. The van der Waals surface area contributed by atoms with E-state index in [1.807, 2.05) is 25.1 Å². The quantitative estimate of drug-likeness (QED) is 0.281. The molecule has 1 spiro atoms. The Morgan fingerprint density at radius 2 is 2.00 bits per heavy atom. The second-order valence-electron chi connectivity index (χ2n) is 14.6. The molecule has 0 radical (unpaired) electrons. The fourth-order valence-electron chi connectivity index (χ4n) is 8.23. The van der Waals surface area contributed by atoms with Crippen molar-refractivity contribution in [1.82, 2.24) is 9.29 Å². The summed E-state index contributed by atoms with van der Waals surface area (Å²) in [6.45, 7) is 3.93. The van der Waals surface area contributed by atoms with Gasteiger partial charge in [0.1, 0.15) is 20.8 Å². The van der Waals surface area contributed by atoms with Crippen molar-refractivity contribution in [3.63, 3.8) is 0 Å². The van der Waals surface area contributed by atoms with E-state index in [9.17, 15) is 13.8 Å². The van der Waals surface area contributed by atoms with Crippen LogP contribution in [0.2, 0.25) is 10.2 Å². The van der Waals surface area contributed by atoms with Crippen molar-refractivity contribution < 1.29 is 23.3 Å².